The zero-order chi connectivity index (χ0) is 17.4. The lowest BCUT2D eigenvalue weighted by atomic mass is 9.93. The van der Waals surface area contributed by atoms with E-state index in [1.165, 1.54) is 6.07 Å². The fourth-order valence-electron chi connectivity index (χ4n) is 3.12. The van der Waals surface area contributed by atoms with Gasteiger partial charge in [0.25, 0.3) is 0 Å². The Morgan fingerprint density at radius 1 is 1.24 bits per heavy atom. The summed E-state index contributed by atoms with van der Waals surface area (Å²) in [6, 6.07) is 12.4. The van der Waals surface area contributed by atoms with Gasteiger partial charge in [0.2, 0.25) is 5.95 Å². The normalized spacial score (nSPS) is 19.2. The zero-order valence-corrected chi connectivity index (χ0v) is 14.9. The van der Waals surface area contributed by atoms with Gasteiger partial charge in [0.05, 0.1) is 19.2 Å². The number of aromatic nitrogens is 4. The molecule has 0 fully saturated rings. The summed E-state index contributed by atoms with van der Waals surface area (Å²) in [5.74, 6) is 1.04. The Labute approximate surface area is 152 Å². The van der Waals surface area contributed by atoms with E-state index >= 15 is 0 Å². The van der Waals surface area contributed by atoms with E-state index in [2.05, 4.69) is 36.8 Å². The van der Waals surface area contributed by atoms with Gasteiger partial charge in [0, 0.05) is 10.0 Å². The maximum Gasteiger partial charge on any atom is 0.243 e. The van der Waals surface area contributed by atoms with Crippen LogP contribution in [0.15, 0.2) is 46.9 Å². The highest BCUT2D eigenvalue weighted by molar-refractivity contribution is 9.10. The van der Waals surface area contributed by atoms with E-state index < -0.39 is 0 Å². The predicted octanol–water partition coefficient (Wildman–Crippen LogP) is 3.73. The van der Waals surface area contributed by atoms with Crippen LogP contribution in [0.4, 0.5) is 10.3 Å². The number of tetrazole rings is 1. The van der Waals surface area contributed by atoms with E-state index in [-0.39, 0.29) is 17.9 Å². The Bertz CT molecular complexity index is 898. The zero-order valence-electron chi connectivity index (χ0n) is 13.4. The largest absolute Gasteiger partial charge is 0.497 e. The van der Waals surface area contributed by atoms with Gasteiger partial charge < -0.3 is 10.1 Å². The number of hydrogen-bond acceptors (Lipinski definition) is 5. The minimum Gasteiger partial charge on any atom is -0.497 e. The molecule has 2 aromatic carbocycles. The minimum atomic E-state index is -0.296. The monoisotopic (exact) mass is 403 g/mol. The first-order valence-electron chi connectivity index (χ1n) is 7.79. The van der Waals surface area contributed by atoms with Crippen molar-refractivity contribution in [3.63, 3.8) is 0 Å². The molecule has 2 atom stereocenters. The summed E-state index contributed by atoms with van der Waals surface area (Å²) in [5.41, 5.74) is 1.62. The second-order valence-electron chi connectivity index (χ2n) is 5.83. The SMILES string of the molecule is COc1ccc([C@H]2C[C@H](c3cc(Br)ccc3F)n3nnnc3N2)cc1. The molecule has 1 aromatic heterocycles. The van der Waals surface area contributed by atoms with Gasteiger partial charge in [0.15, 0.2) is 0 Å². The van der Waals surface area contributed by atoms with Crippen LogP contribution < -0.4 is 10.1 Å². The molecule has 4 rings (SSSR count). The van der Waals surface area contributed by atoms with Gasteiger partial charge in [-0.2, -0.15) is 0 Å². The van der Waals surface area contributed by atoms with Crippen LogP contribution >= 0.6 is 15.9 Å². The second-order valence-corrected chi connectivity index (χ2v) is 6.75. The summed E-state index contributed by atoms with van der Waals surface area (Å²) in [6.45, 7) is 0. The molecule has 1 aliphatic heterocycles. The van der Waals surface area contributed by atoms with Crippen molar-refractivity contribution < 1.29 is 9.13 Å². The summed E-state index contributed by atoms with van der Waals surface area (Å²) in [4.78, 5) is 0. The molecule has 0 amide bonds. The summed E-state index contributed by atoms with van der Waals surface area (Å²) in [6.07, 6.45) is 0.623. The molecule has 0 spiro atoms. The fraction of sp³-hybridized carbons (Fsp3) is 0.235. The quantitative estimate of drug-likeness (QED) is 0.721. The van der Waals surface area contributed by atoms with Gasteiger partial charge in [-0.1, -0.05) is 33.2 Å². The molecule has 6 nitrogen and oxygen atoms in total. The number of benzene rings is 2. The van der Waals surface area contributed by atoms with E-state index in [4.69, 9.17) is 4.74 Å². The molecule has 8 heteroatoms. The Balaban J connectivity index is 1.73. The molecule has 0 aliphatic carbocycles. The van der Waals surface area contributed by atoms with Crippen LogP contribution in [-0.2, 0) is 0 Å². The Hall–Kier alpha value is -2.48. The third kappa shape index (κ3) is 2.97. The third-order valence-corrected chi connectivity index (χ3v) is 4.88. The van der Waals surface area contributed by atoms with Crippen molar-refractivity contribution in [3.8, 4) is 5.75 Å². The first kappa shape index (κ1) is 16.0. The summed E-state index contributed by atoms with van der Waals surface area (Å²) < 4.78 is 22.1. The molecule has 0 saturated carbocycles. The lowest BCUT2D eigenvalue weighted by Gasteiger charge is -2.31. The van der Waals surface area contributed by atoms with Crippen LogP contribution in [0.25, 0.3) is 0 Å². The van der Waals surface area contributed by atoms with Gasteiger partial charge in [0.1, 0.15) is 11.6 Å². The smallest absolute Gasteiger partial charge is 0.243 e. The van der Waals surface area contributed by atoms with Crippen LogP contribution in [0.3, 0.4) is 0 Å². The van der Waals surface area contributed by atoms with E-state index in [1.807, 2.05) is 24.3 Å². The lowest BCUT2D eigenvalue weighted by Crippen LogP contribution is -2.28. The number of hydrogen-bond donors (Lipinski definition) is 1. The molecule has 1 aliphatic rings. The van der Waals surface area contributed by atoms with Crippen LogP contribution in [0.2, 0.25) is 0 Å². The first-order valence-corrected chi connectivity index (χ1v) is 8.58. The molecular formula is C17H15BrFN5O. The molecular weight excluding hydrogens is 389 g/mol. The molecule has 1 N–H and O–H groups in total. The number of fused-ring (bicyclic) bond motifs is 1. The van der Waals surface area contributed by atoms with Crippen molar-refractivity contribution in [2.75, 3.05) is 12.4 Å². The maximum absolute atomic E-state index is 14.4. The summed E-state index contributed by atoms with van der Waals surface area (Å²) in [5, 5.41) is 15.1. The van der Waals surface area contributed by atoms with Gasteiger partial charge in [-0.3, -0.25) is 0 Å². The number of halogens is 2. The molecule has 25 heavy (non-hydrogen) atoms. The standard InChI is InChI=1S/C17H15BrFN5O/c1-25-12-5-2-10(3-6-12)15-9-16(24-17(20-15)21-22-23-24)13-8-11(18)4-7-14(13)19/h2-8,15-16H,9H2,1H3,(H,20,21,23)/t15-,16-/m1/s1. The van der Waals surface area contributed by atoms with Crippen molar-refractivity contribution in [3.05, 3.63) is 63.9 Å². The number of rotatable bonds is 3. The van der Waals surface area contributed by atoms with E-state index in [0.29, 0.717) is 17.9 Å². The fourth-order valence-corrected chi connectivity index (χ4v) is 3.50. The van der Waals surface area contributed by atoms with E-state index in [1.54, 1.807) is 23.9 Å². The number of nitrogens with one attached hydrogen (secondary N) is 1. The molecule has 0 unspecified atom stereocenters. The Morgan fingerprint density at radius 2 is 2.04 bits per heavy atom. The number of ether oxygens (including phenoxy) is 1. The number of nitrogens with zero attached hydrogens (tertiary/aromatic N) is 4. The second kappa shape index (κ2) is 6.44. The predicted molar refractivity (Wildman–Crippen MR) is 94.0 cm³/mol. The molecule has 0 bridgehead atoms. The van der Waals surface area contributed by atoms with Gasteiger partial charge in [-0.05, 0) is 52.7 Å². The van der Waals surface area contributed by atoms with Gasteiger partial charge in [-0.25, -0.2) is 9.07 Å². The molecule has 128 valence electrons. The highest BCUT2D eigenvalue weighted by Crippen LogP contribution is 2.38. The van der Waals surface area contributed by atoms with Gasteiger partial charge in [-0.15, -0.1) is 0 Å². The van der Waals surface area contributed by atoms with Crippen LogP contribution in [0, 0.1) is 5.82 Å². The number of methoxy groups -OCH3 is 1. The van der Waals surface area contributed by atoms with Crippen molar-refractivity contribution in [1.82, 2.24) is 20.2 Å². The lowest BCUT2D eigenvalue weighted by molar-refractivity contribution is 0.406. The van der Waals surface area contributed by atoms with E-state index in [9.17, 15) is 4.39 Å². The molecule has 0 saturated heterocycles. The molecule has 3 aromatic rings. The summed E-state index contributed by atoms with van der Waals surface area (Å²) >= 11 is 3.41. The van der Waals surface area contributed by atoms with Crippen LogP contribution in [-0.4, -0.2) is 27.3 Å². The van der Waals surface area contributed by atoms with Crippen molar-refractivity contribution in [2.45, 2.75) is 18.5 Å². The van der Waals surface area contributed by atoms with Crippen molar-refractivity contribution in [2.24, 2.45) is 0 Å². The summed E-state index contributed by atoms with van der Waals surface area (Å²) in [7, 11) is 1.63. The third-order valence-electron chi connectivity index (χ3n) is 4.39. The van der Waals surface area contributed by atoms with Gasteiger partial charge >= 0.3 is 0 Å². The highest BCUT2D eigenvalue weighted by Gasteiger charge is 2.32. The molecule has 0 radical (unpaired) electrons. The van der Waals surface area contributed by atoms with Crippen LogP contribution in [0.1, 0.15) is 29.6 Å². The van der Waals surface area contributed by atoms with Crippen molar-refractivity contribution >= 4 is 21.9 Å². The Morgan fingerprint density at radius 3 is 2.80 bits per heavy atom. The first-order chi connectivity index (χ1) is 12.2. The topological polar surface area (TPSA) is 64.9 Å². The van der Waals surface area contributed by atoms with Crippen molar-refractivity contribution in [1.29, 1.82) is 0 Å². The van der Waals surface area contributed by atoms with Crippen LogP contribution in [0.5, 0.6) is 5.75 Å². The molecule has 2 heterocycles. The highest BCUT2D eigenvalue weighted by atomic mass is 79.9. The maximum atomic E-state index is 14.4. The minimum absolute atomic E-state index is 0.0345. The average Bonchev–Trinajstić information content (AvgIpc) is 3.12. The number of anilines is 1. The Kier molecular flexibility index (Phi) is 4.12. The average molecular weight is 404 g/mol. The van der Waals surface area contributed by atoms with E-state index in [0.717, 1.165) is 15.8 Å².